The van der Waals surface area contributed by atoms with Crippen LogP contribution in [0, 0.1) is 11.8 Å². The van der Waals surface area contributed by atoms with Gasteiger partial charge in [0.15, 0.2) is 5.78 Å². The van der Waals surface area contributed by atoms with Crippen LogP contribution in [0.1, 0.15) is 31.4 Å². The number of ketones is 1. The first-order valence-electron chi connectivity index (χ1n) is 12.5. The summed E-state index contributed by atoms with van der Waals surface area (Å²) < 4.78 is 5.74. The Hall–Kier alpha value is -3.52. The second-order valence-electron chi connectivity index (χ2n) is 9.91. The number of likely N-dealkylation sites (N-methyl/N-ethyl adjacent to an activating group) is 1. The summed E-state index contributed by atoms with van der Waals surface area (Å²) in [4.78, 5) is 34.0. The number of ether oxygens (including phenoxy) is 1. The van der Waals surface area contributed by atoms with E-state index in [4.69, 9.17) is 22.1 Å². The van der Waals surface area contributed by atoms with E-state index in [2.05, 4.69) is 4.99 Å². The number of benzodiazepines with no additional fused rings is 1. The number of rotatable bonds is 9. The number of carbonyl (C=O) groups is 2. The van der Waals surface area contributed by atoms with Crippen molar-refractivity contribution in [3.8, 4) is 5.75 Å². The first-order chi connectivity index (χ1) is 18.1. The van der Waals surface area contributed by atoms with E-state index in [1.54, 1.807) is 37.4 Å². The van der Waals surface area contributed by atoms with E-state index in [1.165, 1.54) is 4.90 Å². The van der Waals surface area contributed by atoms with Gasteiger partial charge in [-0.2, -0.15) is 0 Å². The summed E-state index contributed by atoms with van der Waals surface area (Å²) in [6.45, 7) is 3.73. The third-order valence-electron chi connectivity index (χ3n) is 6.61. The first-order valence-corrected chi connectivity index (χ1v) is 12.9. The Morgan fingerprint density at radius 1 is 1.08 bits per heavy atom. The zero-order chi connectivity index (χ0) is 27.4. The number of amides is 1. The van der Waals surface area contributed by atoms with Crippen LogP contribution in [0.15, 0.2) is 83.9 Å². The number of fused-ring (bicyclic) bond motifs is 1. The average Bonchev–Trinajstić information content (AvgIpc) is 3.00. The molecule has 1 aliphatic rings. The molecule has 1 heterocycles. The Balaban J connectivity index is 1.79. The van der Waals surface area contributed by atoms with E-state index in [9.17, 15) is 14.7 Å². The molecule has 0 aromatic heterocycles. The SMILES string of the molecule is CC(C)C[C@@H](C(=O)C1(N)N=C(c2ccccc2)c2cc(Cl)ccc2N(C)C1=O)[C@H](O)COc1ccccc1. The summed E-state index contributed by atoms with van der Waals surface area (Å²) >= 11 is 6.33. The van der Waals surface area contributed by atoms with Crippen molar-refractivity contribution in [2.45, 2.75) is 32.0 Å². The molecule has 4 rings (SSSR count). The highest BCUT2D eigenvalue weighted by molar-refractivity contribution is 6.32. The van der Waals surface area contributed by atoms with E-state index < -0.39 is 29.4 Å². The number of aliphatic imine (C=N–C) groups is 1. The molecule has 0 radical (unpaired) electrons. The molecule has 0 spiro atoms. The molecular weight excluding hydrogens is 502 g/mol. The second-order valence-corrected chi connectivity index (χ2v) is 10.3. The van der Waals surface area contributed by atoms with Crippen molar-refractivity contribution in [1.29, 1.82) is 0 Å². The highest BCUT2D eigenvalue weighted by Crippen LogP contribution is 2.34. The lowest BCUT2D eigenvalue weighted by atomic mass is 9.82. The highest BCUT2D eigenvalue weighted by Gasteiger charge is 2.50. The van der Waals surface area contributed by atoms with Gasteiger partial charge >= 0.3 is 0 Å². The third kappa shape index (κ3) is 5.65. The van der Waals surface area contributed by atoms with Crippen LogP contribution in [0.5, 0.6) is 5.75 Å². The molecule has 198 valence electrons. The number of Topliss-reactive ketones (excluding diaryl/α,β-unsaturated/α-hetero) is 1. The molecule has 0 aliphatic carbocycles. The van der Waals surface area contributed by atoms with Crippen LogP contribution in [0.4, 0.5) is 5.69 Å². The van der Waals surface area contributed by atoms with Crippen LogP contribution in [0.3, 0.4) is 0 Å². The molecule has 3 atom stereocenters. The van der Waals surface area contributed by atoms with E-state index in [0.29, 0.717) is 39.7 Å². The highest BCUT2D eigenvalue weighted by atomic mass is 35.5. The number of nitrogens with zero attached hydrogens (tertiary/aromatic N) is 2. The minimum absolute atomic E-state index is 0.0334. The number of hydrogen-bond donors (Lipinski definition) is 2. The largest absolute Gasteiger partial charge is 0.491 e. The van der Waals surface area contributed by atoms with Crippen LogP contribution < -0.4 is 15.4 Å². The molecule has 3 N–H and O–H groups in total. The van der Waals surface area contributed by atoms with Gasteiger partial charge in [-0.15, -0.1) is 0 Å². The Morgan fingerprint density at radius 3 is 2.34 bits per heavy atom. The summed E-state index contributed by atoms with van der Waals surface area (Å²) in [7, 11) is 1.56. The predicted octanol–water partition coefficient (Wildman–Crippen LogP) is 4.48. The van der Waals surface area contributed by atoms with Crippen LogP contribution in [-0.2, 0) is 9.59 Å². The van der Waals surface area contributed by atoms with Gasteiger partial charge in [0.25, 0.3) is 5.91 Å². The van der Waals surface area contributed by atoms with Gasteiger partial charge in [-0.05, 0) is 42.7 Å². The van der Waals surface area contributed by atoms with Crippen molar-refractivity contribution in [2.24, 2.45) is 22.6 Å². The molecule has 0 fully saturated rings. The molecule has 1 aliphatic heterocycles. The summed E-state index contributed by atoms with van der Waals surface area (Å²) in [5, 5.41) is 11.6. The molecule has 7 nitrogen and oxygen atoms in total. The average molecular weight is 534 g/mol. The van der Waals surface area contributed by atoms with Crippen LogP contribution in [0.25, 0.3) is 0 Å². The molecular formula is C30H32ClN3O4. The maximum Gasteiger partial charge on any atom is 0.277 e. The zero-order valence-corrected chi connectivity index (χ0v) is 22.4. The number of benzene rings is 3. The van der Waals surface area contributed by atoms with Gasteiger partial charge in [-0.3, -0.25) is 15.3 Å². The summed E-state index contributed by atoms with van der Waals surface area (Å²) in [6.07, 6.45) is -0.914. The number of aliphatic hydroxyl groups excluding tert-OH is 1. The quantitative estimate of drug-likeness (QED) is 0.394. The van der Waals surface area contributed by atoms with Gasteiger partial charge in [0.05, 0.1) is 23.4 Å². The Kier molecular flexibility index (Phi) is 8.31. The number of hydrogen-bond acceptors (Lipinski definition) is 6. The van der Waals surface area contributed by atoms with E-state index in [1.807, 2.05) is 62.4 Å². The standard InChI is InChI=1S/C30H32ClN3O4/c1-19(2)16-24(26(35)18-38-22-12-8-5-9-13-22)28(36)30(32)29(37)34(3)25-15-14-21(31)17-23(25)27(33-30)20-10-6-4-7-11-20/h4-15,17,19,24,26,35H,16,18,32H2,1-3H3/t24-,26-,30?/m1/s1. The summed E-state index contributed by atoms with van der Waals surface area (Å²) in [5.74, 6) is -1.76. The van der Waals surface area contributed by atoms with Crippen molar-refractivity contribution in [1.82, 2.24) is 0 Å². The van der Waals surface area contributed by atoms with Crippen molar-refractivity contribution < 1.29 is 19.4 Å². The molecule has 38 heavy (non-hydrogen) atoms. The molecule has 8 heteroatoms. The maximum atomic E-state index is 14.2. The molecule has 0 saturated heterocycles. The topological polar surface area (TPSA) is 105 Å². The van der Waals surface area contributed by atoms with Gasteiger partial charge in [-0.25, -0.2) is 4.99 Å². The number of para-hydroxylation sites is 1. The van der Waals surface area contributed by atoms with E-state index in [0.717, 1.165) is 0 Å². The number of anilines is 1. The number of halogens is 1. The molecule has 1 amide bonds. The van der Waals surface area contributed by atoms with Gasteiger partial charge in [-0.1, -0.05) is 74.0 Å². The number of aliphatic hydroxyl groups is 1. The summed E-state index contributed by atoms with van der Waals surface area (Å²) in [6, 6.07) is 23.3. The van der Waals surface area contributed by atoms with Gasteiger partial charge in [0.1, 0.15) is 12.4 Å². The number of nitrogens with two attached hydrogens (primary N) is 1. The van der Waals surface area contributed by atoms with Crippen molar-refractivity contribution in [3.63, 3.8) is 0 Å². The smallest absolute Gasteiger partial charge is 0.277 e. The number of carbonyl (C=O) groups excluding carboxylic acids is 2. The van der Waals surface area contributed by atoms with Crippen molar-refractivity contribution in [3.05, 3.63) is 95.0 Å². The molecule has 3 aromatic carbocycles. The molecule has 3 aromatic rings. The Labute approximate surface area is 227 Å². The lowest BCUT2D eigenvalue weighted by Gasteiger charge is -2.32. The van der Waals surface area contributed by atoms with Crippen molar-refractivity contribution >= 4 is 34.7 Å². The minimum Gasteiger partial charge on any atom is -0.491 e. The van der Waals surface area contributed by atoms with Crippen molar-refractivity contribution in [2.75, 3.05) is 18.6 Å². The zero-order valence-electron chi connectivity index (χ0n) is 21.7. The van der Waals surface area contributed by atoms with Gasteiger partial charge < -0.3 is 14.7 Å². The monoisotopic (exact) mass is 533 g/mol. The maximum absolute atomic E-state index is 14.2. The van der Waals surface area contributed by atoms with Crippen LogP contribution in [-0.4, -0.2) is 47.9 Å². The fourth-order valence-electron chi connectivity index (χ4n) is 4.66. The van der Waals surface area contributed by atoms with E-state index in [-0.39, 0.29) is 12.5 Å². The Morgan fingerprint density at radius 2 is 1.71 bits per heavy atom. The lowest BCUT2D eigenvalue weighted by Crippen LogP contribution is -2.61. The van der Waals surface area contributed by atoms with Crippen LogP contribution >= 0.6 is 11.6 Å². The first kappa shape index (κ1) is 27.5. The fraction of sp³-hybridized carbons (Fsp3) is 0.300. The normalized spacial score (nSPS) is 18.9. The summed E-state index contributed by atoms with van der Waals surface area (Å²) in [5.41, 5.74) is 6.56. The molecule has 0 bridgehead atoms. The predicted molar refractivity (Wildman–Crippen MR) is 150 cm³/mol. The van der Waals surface area contributed by atoms with Crippen LogP contribution in [0.2, 0.25) is 5.02 Å². The lowest BCUT2D eigenvalue weighted by molar-refractivity contribution is -0.139. The second kappa shape index (κ2) is 11.5. The third-order valence-corrected chi connectivity index (χ3v) is 6.84. The molecule has 1 unspecified atom stereocenters. The van der Waals surface area contributed by atoms with Gasteiger partial charge in [0, 0.05) is 23.2 Å². The minimum atomic E-state index is -2.28. The molecule has 0 saturated carbocycles. The van der Waals surface area contributed by atoms with Gasteiger partial charge in [0.2, 0.25) is 5.66 Å². The Bertz CT molecular complexity index is 1330. The van der Waals surface area contributed by atoms with E-state index >= 15 is 0 Å². The fourth-order valence-corrected chi connectivity index (χ4v) is 4.83.